The molecule has 1 N–H and O–H groups in total. The summed E-state index contributed by atoms with van der Waals surface area (Å²) < 4.78 is 10.7. The Morgan fingerprint density at radius 1 is 1.19 bits per heavy atom. The molecule has 5 heteroatoms. The average Bonchev–Trinajstić information content (AvgIpc) is 2.62. The van der Waals surface area contributed by atoms with Crippen molar-refractivity contribution in [3.63, 3.8) is 0 Å². The van der Waals surface area contributed by atoms with Crippen molar-refractivity contribution >= 4 is 11.9 Å². The molecule has 3 atom stereocenters. The first-order chi connectivity index (χ1) is 12.8. The third kappa shape index (κ3) is 6.26. The Morgan fingerprint density at radius 2 is 1.93 bits per heavy atom. The number of hydrogen-bond acceptors (Lipinski definition) is 4. The van der Waals surface area contributed by atoms with Crippen molar-refractivity contribution in [2.75, 3.05) is 13.2 Å². The molecule has 5 nitrogen and oxygen atoms in total. The molecule has 1 aliphatic rings. The van der Waals surface area contributed by atoms with Gasteiger partial charge in [-0.05, 0) is 48.3 Å². The van der Waals surface area contributed by atoms with Gasteiger partial charge < -0.3 is 14.8 Å². The molecule has 1 fully saturated rings. The van der Waals surface area contributed by atoms with Crippen molar-refractivity contribution in [1.29, 1.82) is 0 Å². The zero-order valence-corrected chi connectivity index (χ0v) is 17.2. The quantitative estimate of drug-likeness (QED) is 0.732. The van der Waals surface area contributed by atoms with E-state index >= 15 is 0 Å². The first-order valence-corrected chi connectivity index (χ1v) is 9.96. The molecule has 1 aromatic rings. The Kier molecular flexibility index (Phi) is 7.69. The molecule has 1 aromatic carbocycles. The number of rotatable bonds is 7. The van der Waals surface area contributed by atoms with Crippen LogP contribution in [0.5, 0.6) is 5.75 Å². The van der Waals surface area contributed by atoms with E-state index < -0.39 is 5.97 Å². The predicted octanol–water partition coefficient (Wildman–Crippen LogP) is 3.98. The van der Waals surface area contributed by atoms with E-state index in [-0.39, 0.29) is 25.2 Å². The minimum atomic E-state index is -0.536. The summed E-state index contributed by atoms with van der Waals surface area (Å²) in [7, 11) is 0. The Morgan fingerprint density at radius 3 is 2.63 bits per heavy atom. The highest BCUT2D eigenvalue weighted by molar-refractivity contribution is 5.81. The zero-order valence-electron chi connectivity index (χ0n) is 17.2. The topological polar surface area (TPSA) is 64.6 Å². The molecule has 150 valence electrons. The number of carbonyl (C=O) groups excluding carboxylic acids is 2. The van der Waals surface area contributed by atoms with Crippen LogP contribution in [0.15, 0.2) is 18.2 Å². The van der Waals surface area contributed by atoms with Gasteiger partial charge in [-0.2, -0.15) is 0 Å². The first kappa shape index (κ1) is 21.3. The van der Waals surface area contributed by atoms with Gasteiger partial charge in [-0.15, -0.1) is 0 Å². The molecule has 0 saturated heterocycles. The number of carbonyl (C=O) groups is 2. The summed E-state index contributed by atoms with van der Waals surface area (Å²) in [5.74, 6) is 1.25. The second-order valence-corrected chi connectivity index (χ2v) is 8.09. The molecule has 27 heavy (non-hydrogen) atoms. The van der Waals surface area contributed by atoms with Crippen LogP contribution in [0, 0.1) is 18.8 Å². The van der Waals surface area contributed by atoms with Crippen molar-refractivity contribution in [3.8, 4) is 5.75 Å². The van der Waals surface area contributed by atoms with E-state index in [1.807, 2.05) is 25.1 Å². The van der Waals surface area contributed by atoms with Gasteiger partial charge in [-0.3, -0.25) is 4.79 Å². The lowest BCUT2D eigenvalue weighted by Crippen LogP contribution is -2.45. The van der Waals surface area contributed by atoms with Gasteiger partial charge in [0.2, 0.25) is 0 Å². The zero-order chi connectivity index (χ0) is 20.0. The Hall–Kier alpha value is -2.04. The van der Waals surface area contributed by atoms with Crippen molar-refractivity contribution in [2.45, 2.75) is 65.8 Å². The molecule has 0 spiro atoms. The molecule has 2 rings (SSSR count). The summed E-state index contributed by atoms with van der Waals surface area (Å²) in [5, 5.41) is 3.00. The Bertz CT molecular complexity index is 656. The van der Waals surface area contributed by atoms with E-state index in [2.05, 4.69) is 33.0 Å². The standard InChI is InChI=1S/C22H33NO4/c1-14(2)18-10-9-15(3)11-20(18)26-13-22(25)27-12-21(24)23-19-8-6-7-16(4)17(19)5/h9-11,14,16-17,19H,6-8,12-13H2,1-5H3,(H,23,24)/t16-,17-,19-/m0/s1. The monoisotopic (exact) mass is 375 g/mol. The van der Waals surface area contributed by atoms with E-state index in [0.29, 0.717) is 23.5 Å². The number of amides is 1. The van der Waals surface area contributed by atoms with Crippen LogP contribution in [-0.4, -0.2) is 31.1 Å². The number of ether oxygens (including phenoxy) is 2. The lowest BCUT2D eigenvalue weighted by atomic mass is 9.78. The van der Waals surface area contributed by atoms with Crippen LogP contribution in [0.1, 0.15) is 64.0 Å². The molecular formula is C22H33NO4. The van der Waals surface area contributed by atoms with E-state index in [0.717, 1.165) is 24.0 Å². The van der Waals surface area contributed by atoms with Crippen LogP contribution in [0.2, 0.25) is 0 Å². The highest BCUT2D eigenvalue weighted by atomic mass is 16.6. The lowest BCUT2D eigenvalue weighted by Gasteiger charge is -2.34. The number of hydrogen-bond donors (Lipinski definition) is 1. The summed E-state index contributed by atoms with van der Waals surface area (Å²) in [6.07, 6.45) is 3.32. The van der Waals surface area contributed by atoms with Crippen LogP contribution in [0.3, 0.4) is 0 Å². The predicted molar refractivity (Wildman–Crippen MR) is 106 cm³/mol. The first-order valence-electron chi connectivity index (χ1n) is 9.96. The highest BCUT2D eigenvalue weighted by Crippen LogP contribution is 2.29. The van der Waals surface area contributed by atoms with E-state index in [9.17, 15) is 9.59 Å². The lowest BCUT2D eigenvalue weighted by molar-refractivity contribution is -0.150. The maximum atomic E-state index is 12.1. The van der Waals surface area contributed by atoms with E-state index in [1.165, 1.54) is 6.42 Å². The van der Waals surface area contributed by atoms with Crippen LogP contribution in [-0.2, 0) is 14.3 Å². The molecule has 0 heterocycles. The van der Waals surface area contributed by atoms with Crippen molar-refractivity contribution in [1.82, 2.24) is 5.32 Å². The number of esters is 1. The van der Waals surface area contributed by atoms with Crippen molar-refractivity contribution in [3.05, 3.63) is 29.3 Å². The number of aryl methyl sites for hydroxylation is 1. The second kappa shape index (κ2) is 9.77. The molecule has 0 aromatic heterocycles. The fraction of sp³-hybridized carbons (Fsp3) is 0.636. The normalized spacial score (nSPS) is 22.4. The SMILES string of the molecule is Cc1ccc(C(C)C)c(OCC(=O)OCC(=O)N[C@H]2CCC[C@H](C)[C@@H]2C)c1. The van der Waals surface area contributed by atoms with Gasteiger partial charge >= 0.3 is 5.97 Å². The third-order valence-electron chi connectivity index (χ3n) is 5.55. The maximum Gasteiger partial charge on any atom is 0.344 e. The second-order valence-electron chi connectivity index (χ2n) is 8.09. The number of nitrogens with one attached hydrogen (secondary N) is 1. The van der Waals surface area contributed by atoms with Gasteiger partial charge in [0.1, 0.15) is 5.75 Å². The molecule has 1 saturated carbocycles. The summed E-state index contributed by atoms with van der Waals surface area (Å²) in [6, 6.07) is 6.12. The average molecular weight is 376 g/mol. The fourth-order valence-corrected chi connectivity index (χ4v) is 3.60. The highest BCUT2D eigenvalue weighted by Gasteiger charge is 2.28. The van der Waals surface area contributed by atoms with Crippen LogP contribution in [0.4, 0.5) is 0 Å². The van der Waals surface area contributed by atoms with Crippen LogP contribution >= 0.6 is 0 Å². The van der Waals surface area contributed by atoms with Crippen molar-refractivity contribution < 1.29 is 19.1 Å². The smallest absolute Gasteiger partial charge is 0.344 e. The molecule has 0 aliphatic heterocycles. The molecule has 0 unspecified atom stereocenters. The van der Waals surface area contributed by atoms with Gasteiger partial charge in [0.05, 0.1) is 0 Å². The minimum absolute atomic E-state index is 0.164. The van der Waals surface area contributed by atoms with Gasteiger partial charge in [-0.25, -0.2) is 4.79 Å². The molecule has 0 radical (unpaired) electrons. The largest absolute Gasteiger partial charge is 0.482 e. The Labute approximate surface area is 162 Å². The molecule has 1 amide bonds. The maximum absolute atomic E-state index is 12.1. The summed E-state index contributed by atoms with van der Waals surface area (Å²) in [6.45, 7) is 10.1. The summed E-state index contributed by atoms with van der Waals surface area (Å²) >= 11 is 0. The summed E-state index contributed by atoms with van der Waals surface area (Å²) in [5.41, 5.74) is 2.12. The molecule has 1 aliphatic carbocycles. The van der Waals surface area contributed by atoms with Gasteiger partial charge in [-0.1, -0.05) is 52.7 Å². The third-order valence-corrected chi connectivity index (χ3v) is 5.55. The van der Waals surface area contributed by atoms with Crippen LogP contribution in [0.25, 0.3) is 0 Å². The summed E-state index contributed by atoms with van der Waals surface area (Å²) in [4.78, 5) is 24.1. The Balaban J connectivity index is 1.78. The van der Waals surface area contributed by atoms with Gasteiger partial charge in [0.25, 0.3) is 5.91 Å². The molecular weight excluding hydrogens is 342 g/mol. The number of benzene rings is 1. The van der Waals surface area contributed by atoms with Crippen LogP contribution < -0.4 is 10.1 Å². The molecule has 0 bridgehead atoms. The van der Waals surface area contributed by atoms with Crippen molar-refractivity contribution in [2.24, 2.45) is 11.8 Å². The van der Waals surface area contributed by atoms with E-state index in [1.54, 1.807) is 0 Å². The van der Waals surface area contributed by atoms with Gasteiger partial charge in [0.15, 0.2) is 13.2 Å². The minimum Gasteiger partial charge on any atom is -0.482 e. The van der Waals surface area contributed by atoms with E-state index in [4.69, 9.17) is 9.47 Å². The van der Waals surface area contributed by atoms with Gasteiger partial charge in [0, 0.05) is 6.04 Å². The fourth-order valence-electron chi connectivity index (χ4n) is 3.60.